The molecule has 0 amide bonds. The Morgan fingerprint density at radius 3 is 2.83 bits per heavy atom. The summed E-state index contributed by atoms with van der Waals surface area (Å²) in [7, 11) is 0. The Morgan fingerprint density at radius 1 is 1.33 bits per heavy atom. The lowest BCUT2D eigenvalue weighted by molar-refractivity contribution is -0.384. The van der Waals surface area contributed by atoms with E-state index >= 15 is 0 Å². The van der Waals surface area contributed by atoms with Gasteiger partial charge >= 0.3 is 0 Å². The van der Waals surface area contributed by atoms with E-state index in [1.165, 1.54) is 12.1 Å². The van der Waals surface area contributed by atoms with Crippen molar-refractivity contribution in [2.45, 2.75) is 19.4 Å². The molecule has 1 aromatic heterocycles. The molecule has 3 rings (SSSR count). The second-order valence-electron chi connectivity index (χ2n) is 5.81. The van der Waals surface area contributed by atoms with Gasteiger partial charge in [-0.05, 0) is 38.1 Å². The largest absolute Gasteiger partial charge is 0.483 e. The van der Waals surface area contributed by atoms with E-state index in [1.54, 1.807) is 41.2 Å². The van der Waals surface area contributed by atoms with E-state index in [1.807, 2.05) is 19.9 Å². The third-order valence-corrected chi connectivity index (χ3v) is 3.57. The van der Waals surface area contributed by atoms with E-state index in [-0.39, 0.29) is 5.69 Å². The van der Waals surface area contributed by atoms with Gasteiger partial charge in [0, 0.05) is 23.9 Å². The van der Waals surface area contributed by atoms with Crippen molar-refractivity contribution in [1.29, 1.82) is 5.26 Å². The number of non-ortho nitro benzene ring substituents is 1. The number of aromatic nitrogens is 1. The average molecular weight is 322 g/mol. The lowest BCUT2D eigenvalue weighted by Gasteiger charge is -2.31. The van der Waals surface area contributed by atoms with Crippen LogP contribution in [0.25, 0.3) is 5.70 Å². The van der Waals surface area contributed by atoms with Crippen LogP contribution in [0.15, 0.2) is 53.7 Å². The van der Waals surface area contributed by atoms with Crippen LogP contribution in [0, 0.1) is 21.6 Å². The number of benzene rings is 1. The predicted molar refractivity (Wildman–Crippen MR) is 86.8 cm³/mol. The minimum absolute atomic E-state index is 0.0294. The van der Waals surface area contributed by atoms with Crippen molar-refractivity contribution in [1.82, 2.24) is 4.57 Å². The zero-order valence-corrected chi connectivity index (χ0v) is 13.1. The summed E-state index contributed by atoms with van der Waals surface area (Å²) in [4.78, 5) is 14.5. The van der Waals surface area contributed by atoms with Gasteiger partial charge in [0.2, 0.25) is 6.19 Å². The maximum Gasteiger partial charge on any atom is 0.270 e. The minimum atomic E-state index is -0.606. The van der Waals surface area contributed by atoms with E-state index < -0.39 is 10.5 Å². The fourth-order valence-electron chi connectivity index (χ4n) is 2.62. The molecule has 1 aliphatic rings. The number of pyridine rings is 1. The Labute approximate surface area is 137 Å². The van der Waals surface area contributed by atoms with Gasteiger partial charge in [-0.1, -0.05) is 6.07 Å². The summed E-state index contributed by atoms with van der Waals surface area (Å²) < 4.78 is 7.62. The molecular weight excluding hydrogens is 308 g/mol. The van der Waals surface area contributed by atoms with E-state index in [0.29, 0.717) is 22.5 Å². The Hall–Kier alpha value is -3.40. The van der Waals surface area contributed by atoms with Gasteiger partial charge in [0.1, 0.15) is 16.8 Å². The fraction of sp³-hybridized carbons (Fsp3) is 0.176. The van der Waals surface area contributed by atoms with Crippen LogP contribution in [0.5, 0.6) is 5.75 Å². The molecule has 0 bridgehead atoms. The summed E-state index contributed by atoms with van der Waals surface area (Å²) in [6.07, 6.45) is 5.39. The van der Waals surface area contributed by atoms with Crippen LogP contribution in [0.3, 0.4) is 0 Å². The summed E-state index contributed by atoms with van der Waals surface area (Å²) >= 11 is 0. The minimum Gasteiger partial charge on any atom is -0.483 e. The van der Waals surface area contributed by atoms with E-state index in [9.17, 15) is 10.1 Å². The second-order valence-corrected chi connectivity index (χ2v) is 5.81. The number of ether oxygens (including phenoxy) is 1. The van der Waals surface area contributed by atoms with Crippen molar-refractivity contribution in [3.8, 4) is 11.9 Å². The highest BCUT2D eigenvalue weighted by molar-refractivity contribution is 5.75. The summed E-state index contributed by atoms with van der Waals surface area (Å²) in [6.45, 7) is 3.78. The van der Waals surface area contributed by atoms with Crippen LogP contribution < -0.4 is 10.2 Å². The molecule has 0 saturated carbocycles. The molecule has 24 heavy (non-hydrogen) atoms. The number of nitrogens with zero attached hydrogens (tertiary/aromatic N) is 4. The van der Waals surface area contributed by atoms with Gasteiger partial charge < -0.3 is 9.30 Å². The Kier molecular flexibility index (Phi) is 3.66. The van der Waals surface area contributed by atoms with Gasteiger partial charge in [-0.15, -0.1) is 0 Å². The first-order chi connectivity index (χ1) is 11.4. The first kappa shape index (κ1) is 15.5. The van der Waals surface area contributed by atoms with Crippen LogP contribution in [-0.4, -0.2) is 15.1 Å². The third-order valence-electron chi connectivity index (χ3n) is 3.57. The van der Waals surface area contributed by atoms with Crippen LogP contribution in [0.4, 0.5) is 5.69 Å². The van der Waals surface area contributed by atoms with E-state index in [4.69, 9.17) is 10.00 Å². The monoisotopic (exact) mass is 322 g/mol. The molecule has 7 nitrogen and oxygen atoms in total. The zero-order chi connectivity index (χ0) is 17.3. The molecule has 1 aromatic carbocycles. The lowest BCUT2D eigenvalue weighted by atomic mass is 9.98. The Morgan fingerprint density at radius 2 is 2.12 bits per heavy atom. The van der Waals surface area contributed by atoms with Gasteiger partial charge in [0.05, 0.1) is 10.6 Å². The smallest absolute Gasteiger partial charge is 0.270 e. The van der Waals surface area contributed by atoms with Crippen LogP contribution in [0.2, 0.25) is 0 Å². The molecule has 2 heterocycles. The third kappa shape index (κ3) is 2.77. The van der Waals surface area contributed by atoms with Crippen molar-refractivity contribution in [2.75, 3.05) is 0 Å². The highest BCUT2D eigenvalue weighted by Gasteiger charge is 2.29. The number of hydrogen-bond acceptors (Lipinski definition) is 5. The molecule has 0 spiro atoms. The predicted octanol–water partition coefficient (Wildman–Crippen LogP) is 2.84. The maximum absolute atomic E-state index is 11.1. The molecule has 0 radical (unpaired) electrons. The van der Waals surface area contributed by atoms with Gasteiger partial charge in [-0.2, -0.15) is 10.3 Å². The number of nitro groups is 1. The van der Waals surface area contributed by atoms with Crippen molar-refractivity contribution >= 4 is 11.4 Å². The normalized spacial score (nSPS) is 15.7. The SMILES string of the molecule is CC1(C)C=C(n2ccccc2=NC#N)c2cc([N+](=O)[O-])ccc2O1. The number of nitro benzene ring substituents is 1. The molecule has 1 aliphatic heterocycles. The quantitative estimate of drug-likeness (QED) is 0.482. The summed E-state index contributed by atoms with van der Waals surface area (Å²) in [5.41, 5.74) is 1.05. The number of nitriles is 1. The van der Waals surface area contributed by atoms with Gasteiger partial charge in [0.15, 0.2) is 0 Å². The Bertz CT molecular complexity index is 964. The topological polar surface area (TPSA) is 93.5 Å². The van der Waals surface area contributed by atoms with Crippen molar-refractivity contribution in [3.63, 3.8) is 0 Å². The number of fused-ring (bicyclic) bond motifs is 1. The molecule has 0 N–H and O–H groups in total. The molecule has 0 fully saturated rings. The highest BCUT2D eigenvalue weighted by atomic mass is 16.6. The zero-order valence-electron chi connectivity index (χ0n) is 13.1. The van der Waals surface area contributed by atoms with Crippen LogP contribution in [-0.2, 0) is 0 Å². The first-order valence-electron chi connectivity index (χ1n) is 7.23. The van der Waals surface area contributed by atoms with Crippen LogP contribution in [0.1, 0.15) is 19.4 Å². The number of hydrogen-bond donors (Lipinski definition) is 0. The molecule has 2 aromatic rings. The molecule has 7 heteroatoms. The summed E-state index contributed by atoms with van der Waals surface area (Å²) in [6, 6.07) is 9.74. The second kappa shape index (κ2) is 5.66. The number of rotatable bonds is 2. The summed E-state index contributed by atoms with van der Waals surface area (Å²) in [5, 5.41) is 20.0. The summed E-state index contributed by atoms with van der Waals surface area (Å²) in [5.74, 6) is 0.544. The van der Waals surface area contributed by atoms with E-state index in [2.05, 4.69) is 4.99 Å². The van der Waals surface area contributed by atoms with Gasteiger partial charge in [-0.25, -0.2) is 0 Å². The molecule has 0 saturated heterocycles. The van der Waals surface area contributed by atoms with E-state index in [0.717, 1.165) is 0 Å². The van der Waals surface area contributed by atoms with Gasteiger partial charge in [-0.3, -0.25) is 10.1 Å². The van der Waals surface area contributed by atoms with Crippen molar-refractivity contribution in [2.24, 2.45) is 4.99 Å². The van der Waals surface area contributed by atoms with Crippen molar-refractivity contribution < 1.29 is 9.66 Å². The molecule has 0 aliphatic carbocycles. The van der Waals surface area contributed by atoms with Crippen LogP contribution >= 0.6 is 0 Å². The maximum atomic E-state index is 11.1. The fourth-order valence-corrected chi connectivity index (χ4v) is 2.62. The first-order valence-corrected chi connectivity index (χ1v) is 7.23. The molecular formula is C17H14N4O3. The highest BCUT2D eigenvalue weighted by Crippen LogP contribution is 2.38. The molecule has 0 atom stereocenters. The average Bonchev–Trinajstić information content (AvgIpc) is 2.53. The molecule has 0 unspecified atom stereocenters. The van der Waals surface area contributed by atoms with Gasteiger partial charge in [0.25, 0.3) is 5.69 Å². The lowest BCUT2D eigenvalue weighted by Crippen LogP contribution is -2.32. The standard InChI is InChI=1S/C17H14N4O3/c1-17(2)10-14(20-8-4-3-5-16(20)19-11-18)13-9-12(21(22)23)6-7-15(13)24-17/h3-10H,1-2H3. The Balaban J connectivity index is 2.30. The van der Waals surface area contributed by atoms with Crippen molar-refractivity contribution in [3.05, 3.63) is 69.8 Å². The molecule has 120 valence electrons.